The highest BCUT2D eigenvalue weighted by Crippen LogP contribution is 2.29. The molecule has 0 spiro atoms. The van der Waals surface area contributed by atoms with Gasteiger partial charge in [-0.2, -0.15) is 8.78 Å². The number of ether oxygens (including phenoxy) is 2. The van der Waals surface area contributed by atoms with Crippen LogP contribution in [-0.2, 0) is 11.3 Å². The number of benzene rings is 1. The van der Waals surface area contributed by atoms with Crippen LogP contribution in [0.25, 0.3) is 0 Å². The van der Waals surface area contributed by atoms with E-state index in [0.717, 1.165) is 0 Å². The smallest absolute Gasteiger partial charge is 0.387 e. The number of alkyl halides is 2. The summed E-state index contributed by atoms with van der Waals surface area (Å²) in [5.41, 5.74) is 6.46. The standard InChI is InChI=1S/C15H22F2N2O3/c1-9(2)13(18)14(20)19(3)8-10-5-6-11(21-4)12(7-10)22-15(16)17/h5-7,9,13,15H,8,18H2,1-4H3/t13-/m0/s1. The van der Waals surface area contributed by atoms with Gasteiger partial charge in [-0.3, -0.25) is 4.79 Å². The maximum absolute atomic E-state index is 12.4. The number of rotatable bonds is 7. The van der Waals surface area contributed by atoms with Crippen LogP contribution in [0.4, 0.5) is 8.78 Å². The van der Waals surface area contributed by atoms with Gasteiger partial charge in [0.2, 0.25) is 5.91 Å². The van der Waals surface area contributed by atoms with Crippen LogP contribution in [0.5, 0.6) is 11.5 Å². The molecule has 1 rings (SSSR count). The van der Waals surface area contributed by atoms with Crippen molar-refractivity contribution in [3.05, 3.63) is 23.8 Å². The molecular formula is C15H22F2N2O3. The van der Waals surface area contributed by atoms with Gasteiger partial charge in [-0.1, -0.05) is 19.9 Å². The molecule has 22 heavy (non-hydrogen) atoms. The number of carbonyl (C=O) groups excluding carboxylic acids is 1. The summed E-state index contributed by atoms with van der Waals surface area (Å²) in [5.74, 6) is -0.0494. The third kappa shape index (κ3) is 4.84. The monoisotopic (exact) mass is 316 g/mol. The van der Waals surface area contributed by atoms with Crippen molar-refractivity contribution >= 4 is 5.91 Å². The number of nitrogens with two attached hydrogens (primary N) is 1. The van der Waals surface area contributed by atoms with E-state index in [1.165, 1.54) is 24.1 Å². The molecule has 0 radical (unpaired) electrons. The van der Waals surface area contributed by atoms with Crippen molar-refractivity contribution in [3.63, 3.8) is 0 Å². The molecule has 0 saturated carbocycles. The van der Waals surface area contributed by atoms with Gasteiger partial charge in [0, 0.05) is 13.6 Å². The Balaban J connectivity index is 2.87. The lowest BCUT2D eigenvalue weighted by Gasteiger charge is -2.23. The average molecular weight is 316 g/mol. The first kappa shape index (κ1) is 18.2. The molecule has 5 nitrogen and oxygen atoms in total. The first-order chi connectivity index (χ1) is 10.3. The van der Waals surface area contributed by atoms with Crippen LogP contribution in [0.1, 0.15) is 19.4 Å². The minimum absolute atomic E-state index is 0.0172. The molecule has 1 amide bonds. The Labute approximate surface area is 129 Å². The first-order valence-electron chi connectivity index (χ1n) is 6.88. The molecule has 0 bridgehead atoms. The minimum Gasteiger partial charge on any atom is -0.493 e. The van der Waals surface area contributed by atoms with Crippen LogP contribution in [0.3, 0.4) is 0 Å². The number of hydrogen-bond acceptors (Lipinski definition) is 4. The van der Waals surface area contributed by atoms with Gasteiger partial charge in [-0.25, -0.2) is 0 Å². The van der Waals surface area contributed by atoms with Gasteiger partial charge in [0.05, 0.1) is 13.2 Å². The van der Waals surface area contributed by atoms with Gasteiger partial charge in [-0.05, 0) is 23.6 Å². The number of carbonyl (C=O) groups is 1. The molecule has 0 unspecified atom stereocenters. The molecule has 0 aliphatic rings. The lowest BCUT2D eigenvalue weighted by atomic mass is 10.0. The van der Waals surface area contributed by atoms with E-state index in [1.54, 1.807) is 13.1 Å². The Bertz CT molecular complexity index is 510. The van der Waals surface area contributed by atoms with Crippen LogP contribution in [0.2, 0.25) is 0 Å². The highest BCUT2D eigenvalue weighted by atomic mass is 19.3. The van der Waals surface area contributed by atoms with Crippen molar-refractivity contribution in [1.29, 1.82) is 0 Å². The van der Waals surface area contributed by atoms with Gasteiger partial charge in [0.1, 0.15) is 0 Å². The molecule has 0 aromatic heterocycles. The largest absolute Gasteiger partial charge is 0.493 e. The summed E-state index contributed by atoms with van der Waals surface area (Å²) >= 11 is 0. The highest BCUT2D eigenvalue weighted by Gasteiger charge is 2.21. The molecule has 0 aliphatic carbocycles. The third-order valence-corrected chi connectivity index (χ3v) is 3.24. The van der Waals surface area contributed by atoms with E-state index >= 15 is 0 Å². The van der Waals surface area contributed by atoms with Crippen LogP contribution in [-0.4, -0.2) is 37.6 Å². The highest BCUT2D eigenvalue weighted by molar-refractivity contribution is 5.81. The Morgan fingerprint density at radius 1 is 1.32 bits per heavy atom. The summed E-state index contributed by atoms with van der Waals surface area (Å²) in [4.78, 5) is 13.6. The normalized spacial score (nSPS) is 12.4. The first-order valence-corrected chi connectivity index (χ1v) is 6.88. The summed E-state index contributed by atoms with van der Waals surface area (Å²) in [6.07, 6.45) is 0. The Hall–Kier alpha value is -1.89. The average Bonchev–Trinajstić information content (AvgIpc) is 2.45. The van der Waals surface area contributed by atoms with Crippen molar-refractivity contribution in [3.8, 4) is 11.5 Å². The van der Waals surface area contributed by atoms with Crippen molar-refractivity contribution in [2.45, 2.75) is 33.0 Å². The topological polar surface area (TPSA) is 64.8 Å². The van der Waals surface area contributed by atoms with Gasteiger partial charge in [0.25, 0.3) is 0 Å². The minimum atomic E-state index is -2.95. The zero-order valence-corrected chi connectivity index (χ0v) is 13.2. The van der Waals surface area contributed by atoms with E-state index in [9.17, 15) is 13.6 Å². The van der Waals surface area contributed by atoms with Gasteiger partial charge >= 0.3 is 6.61 Å². The number of halogens is 2. The van der Waals surface area contributed by atoms with E-state index in [-0.39, 0.29) is 29.9 Å². The third-order valence-electron chi connectivity index (χ3n) is 3.24. The quantitative estimate of drug-likeness (QED) is 0.838. The molecule has 0 heterocycles. The van der Waals surface area contributed by atoms with Crippen molar-refractivity contribution in [2.24, 2.45) is 11.7 Å². The molecule has 124 valence electrons. The Morgan fingerprint density at radius 3 is 2.45 bits per heavy atom. The van der Waals surface area contributed by atoms with E-state index in [1.807, 2.05) is 13.8 Å². The van der Waals surface area contributed by atoms with Crippen LogP contribution in [0, 0.1) is 5.92 Å². The SMILES string of the molecule is COc1ccc(CN(C)C(=O)[C@@H](N)C(C)C)cc1OC(F)F. The molecule has 7 heteroatoms. The summed E-state index contributed by atoms with van der Waals surface area (Å²) in [6.45, 7) is 1.01. The van der Waals surface area contributed by atoms with Gasteiger partial charge in [-0.15, -0.1) is 0 Å². The lowest BCUT2D eigenvalue weighted by Crippen LogP contribution is -2.44. The fraction of sp³-hybridized carbons (Fsp3) is 0.533. The predicted octanol–water partition coefficient (Wildman–Crippen LogP) is 2.24. The second-order valence-electron chi connectivity index (χ2n) is 5.33. The predicted molar refractivity (Wildman–Crippen MR) is 78.9 cm³/mol. The summed E-state index contributed by atoms with van der Waals surface area (Å²) in [7, 11) is 2.98. The number of hydrogen-bond donors (Lipinski definition) is 1. The van der Waals surface area contributed by atoms with Crippen molar-refractivity contribution in [1.82, 2.24) is 4.90 Å². The fourth-order valence-corrected chi connectivity index (χ4v) is 1.90. The zero-order valence-electron chi connectivity index (χ0n) is 13.2. The van der Waals surface area contributed by atoms with Crippen LogP contribution < -0.4 is 15.2 Å². The Morgan fingerprint density at radius 2 is 1.95 bits per heavy atom. The molecule has 0 fully saturated rings. The molecule has 0 saturated heterocycles. The van der Waals surface area contributed by atoms with Crippen LogP contribution >= 0.6 is 0 Å². The molecule has 0 aliphatic heterocycles. The second-order valence-corrected chi connectivity index (χ2v) is 5.33. The number of likely N-dealkylation sites (N-methyl/N-ethyl adjacent to an activating group) is 1. The molecule has 2 N–H and O–H groups in total. The lowest BCUT2D eigenvalue weighted by molar-refractivity contribution is -0.132. The van der Waals surface area contributed by atoms with Crippen molar-refractivity contribution in [2.75, 3.05) is 14.2 Å². The molecular weight excluding hydrogens is 294 g/mol. The number of nitrogens with zero attached hydrogens (tertiary/aromatic N) is 1. The second kappa shape index (κ2) is 7.93. The van der Waals surface area contributed by atoms with Gasteiger partial charge < -0.3 is 20.1 Å². The maximum atomic E-state index is 12.4. The number of amides is 1. The maximum Gasteiger partial charge on any atom is 0.387 e. The van der Waals surface area contributed by atoms with Gasteiger partial charge in [0.15, 0.2) is 11.5 Å². The van der Waals surface area contributed by atoms with E-state index < -0.39 is 12.7 Å². The van der Waals surface area contributed by atoms with E-state index in [4.69, 9.17) is 10.5 Å². The molecule has 1 aromatic carbocycles. The molecule has 1 aromatic rings. The van der Waals surface area contributed by atoms with Crippen molar-refractivity contribution < 1.29 is 23.0 Å². The van der Waals surface area contributed by atoms with Crippen LogP contribution in [0.15, 0.2) is 18.2 Å². The number of methoxy groups -OCH3 is 1. The summed E-state index contributed by atoms with van der Waals surface area (Å²) in [5, 5.41) is 0. The fourth-order valence-electron chi connectivity index (χ4n) is 1.90. The van der Waals surface area contributed by atoms with E-state index in [2.05, 4.69) is 4.74 Å². The summed E-state index contributed by atoms with van der Waals surface area (Å²) < 4.78 is 34.2. The molecule has 1 atom stereocenters. The van der Waals surface area contributed by atoms with E-state index in [0.29, 0.717) is 5.56 Å². The Kier molecular flexibility index (Phi) is 6.55. The summed E-state index contributed by atoms with van der Waals surface area (Å²) in [6, 6.07) is 4.03. The zero-order chi connectivity index (χ0) is 16.9.